The fourth-order valence-electron chi connectivity index (χ4n) is 0.263. The van der Waals surface area contributed by atoms with E-state index in [9.17, 15) is 9.18 Å². The molecule has 3 N–H and O–H groups in total. The van der Waals surface area contributed by atoms with Gasteiger partial charge in [-0.15, -0.1) is 0 Å². The number of halogens is 1. The topological polar surface area (TPSA) is 69.6 Å². The van der Waals surface area contributed by atoms with Crippen LogP contribution >= 0.6 is 0 Å². The molecule has 4 nitrogen and oxygen atoms in total. The third-order valence-corrected chi connectivity index (χ3v) is 0.673. The van der Waals surface area contributed by atoms with Crippen molar-refractivity contribution >= 4 is 6.09 Å². The van der Waals surface area contributed by atoms with Gasteiger partial charge in [-0.2, -0.15) is 0 Å². The van der Waals surface area contributed by atoms with E-state index in [0.29, 0.717) is 0 Å². The molecule has 0 aromatic heterocycles. The predicted octanol–water partition coefficient (Wildman–Crippen LogP) is -0.416. The number of carbonyl (C=O) groups is 1. The van der Waals surface area contributed by atoms with E-state index < -0.39 is 18.9 Å². The number of aliphatic hydroxyl groups excluding tert-OH is 1. The second-order valence-corrected chi connectivity index (χ2v) is 1.47. The summed E-state index contributed by atoms with van der Waals surface area (Å²) in [5, 5.41) is 17.7. The Morgan fingerprint density at radius 2 is 2.33 bits per heavy atom. The van der Waals surface area contributed by atoms with Crippen LogP contribution in [-0.4, -0.2) is 35.6 Å². The summed E-state index contributed by atoms with van der Waals surface area (Å²) < 4.78 is 11.9. The van der Waals surface area contributed by atoms with Gasteiger partial charge in [-0.25, -0.2) is 9.18 Å². The van der Waals surface area contributed by atoms with Crippen LogP contribution in [0.15, 0.2) is 0 Å². The van der Waals surface area contributed by atoms with Gasteiger partial charge in [0.2, 0.25) is 0 Å². The first-order chi connectivity index (χ1) is 4.16. The molecule has 0 rings (SSSR count). The molecule has 1 amide bonds. The molecular weight excluding hydrogens is 129 g/mol. The minimum atomic E-state index is -1.50. The van der Waals surface area contributed by atoms with Crippen molar-refractivity contribution in [3.63, 3.8) is 0 Å². The number of amides is 1. The van der Waals surface area contributed by atoms with Gasteiger partial charge in [0.25, 0.3) is 0 Å². The van der Waals surface area contributed by atoms with Crippen molar-refractivity contribution in [3.05, 3.63) is 0 Å². The van der Waals surface area contributed by atoms with E-state index in [0.717, 1.165) is 0 Å². The molecule has 1 atom stereocenters. The Morgan fingerprint density at radius 1 is 1.78 bits per heavy atom. The minimum Gasteiger partial charge on any atom is -0.465 e. The molecular formula is C4H8FNO3. The summed E-state index contributed by atoms with van der Waals surface area (Å²) in [7, 11) is 0. The third kappa shape index (κ3) is 5.02. The average Bonchev–Trinajstić information content (AvgIpc) is 1.83. The van der Waals surface area contributed by atoms with Crippen molar-refractivity contribution in [2.45, 2.75) is 6.17 Å². The molecule has 9 heavy (non-hydrogen) atoms. The lowest BCUT2D eigenvalue weighted by atomic mass is 10.4. The Kier molecular flexibility index (Phi) is 3.70. The molecule has 0 aliphatic heterocycles. The van der Waals surface area contributed by atoms with Gasteiger partial charge in [0, 0.05) is 0 Å². The largest absolute Gasteiger partial charge is 0.465 e. The maximum atomic E-state index is 11.9. The minimum absolute atomic E-state index is 0.355. The van der Waals surface area contributed by atoms with Gasteiger partial charge < -0.3 is 15.5 Å². The van der Waals surface area contributed by atoms with Crippen LogP contribution in [0, 0.1) is 0 Å². The Bertz CT molecular complexity index is 97.8. The molecule has 0 radical (unpaired) electrons. The normalized spacial score (nSPS) is 12.7. The summed E-state index contributed by atoms with van der Waals surface area (Å²) in [4.78, 5) is 9.66. The Labute approximate surface area is 51.3 Å². The Balaban J connectivity index is 3.16. The first-order valence-corrected chi connectivity index (χ1v) is 2.38. The van der Waals surface area contributed by atoms with Crippen LogP contribution in [0.5, 0.6) is 0 Å². The third-order valence-electron chi connectivity index (χ3n) is 0.673. The van der Waals surface area contributed by atoms with E-state index in [2.05, 4.69) is 0 Å². The van der Waals surface area contributed by atoms with Gasteiger partial charge in [0.05, 0.1) is 13.2 Å². The summed E-state index contributed by atoms with van der Waals surface area (Å²) in [5.41, 5.74) is 0. The number of aliphatic hydroxyl groups is 1. The molecule has 0 aliphatic rings. The molecule has 0 heterocycles. The lowest BCUT2D eigenvalue weighted by Gasteiger charge is -2.01. The summed E-state index contributed by atoms with van der Waals surface area (Å²) in [6.07, 6.45) is -2.78. The average molecular weight is 137 g/mol. The van der Waals surface area contributed by atoms with Crippen molar-refractivity contribution in [2.75, 3.05) is 13.2 Å². The monoisotopic (exact) mass is 137 g/mol. The van der Waals surface area contributed by atoms with Crippen LogP contribution in [0.4, 0.5) is 9.18 Å². The SMILES string of the molecule is O=C(O)NCC(F)CO. The fourth-order valence-corrected chi connectivity index (χ4v) is 0.263. The van der Waals surface area contributed by atoms with Gasteiger partial charge >= 0.3 is 6.09 Å². The molecule has 0 aromatic rings. The van der Waals surface area contributed by atoms with Crippen LogP contribution in [-0.2, 0) is 0 Å². The maximum absolute atomic E-state index is 11.9. The second kappa shape index (κ2) is 4.08. The number of hydrogen-bond donors (Lipinski definition) is 3. The van der Waals surface area contributed by atoms with Crippen LogP contribution in [0.25, 0.3) is 0 Å². The standard InChI is InChI=1S/C4H8FNO3/c5-3(2-7)1-6-4(8)9/h3,6-7H,1-2H2,(H,8,9). The van der Waals surface area contributed by atoms with Gasteiger partial charge in [-0.05, 0) is 0 Å². The number of nitrogens with one attached hydrogen (secondary N) is 1. The van der Waals surface area contributed by atoms with Gasteiger partial charge in [0.15, 0.2) is 0 Å². The van der Waals surface area contributed by atoms with Crippen molar-refractivity contribution in [2.24, 2.45) is 0 Å². The molecule has 0 bridgehead atoms. The smallest absolute Gasteiger partial charge is 0.404 e. The van der Waals surface area contributed by atoms with Crippen molar-refractivity contribution in [3.8, 4) is 0 Å². The first kappa shape index (κ1) is 8.16. The lowest BCUT2D eigenvalue weighted by Crippen LogP contribution is -2.30. The lowest BCUT2D eigenvalue weighted by molar-refractivity contribution is 0.163. The summed E-state index contributed by atoms with van der Waals surface area (Å²) in [6.45, 7) is -1.01. The summed E-state index contributed by atoms with van der Waals surface area (Å²) in [5.74, 6) is 0. The quantitative estimate of drug-likeness (QED) is 0.495. The number of hydrogen-bond acceptors (Lipinski definition) is 2. The first-order valence-electron chi connectivity index (χ1n) is 2.38. The highest BCUT2D eigenvalue weighted by atomic mass is 19.1. The zero-order valence-electron chi connectivity index (χ0n) is 4.67. The van der Waals surface area contributed by atoms with Crippen molar-refractivity contribution < 1.29 is 19.4 Å². The molecule has 0 spiro atoms. The highest BCUT2D eigenvalue weighted by molar-refractivity contribution is 5.64. The molecule has 0 aromatic carbocycles. The van der Waals surface area contributed by atoms with Crippen LogP contribution in [0.1, 0.15) is 0 Å². The number of carboxylic acid groups (broad SMARTS) is 1. The van der Waals surface area contributed by atoms with Crippen LogP contribution < -0.4 is 5.32 Å². The zero-order valence-corrected chi connectivity index (χ0v) is 4.67. The number of alkyl halides is 1. The molecule has 1 unspecified atom stereocenters. The molecule has 0 fully saturated rings. The van der Waals surface area contributed by atoms with Crippen LogP contribution in [0.3, 0.4) is 0 Å². The fraction of sp³-hybridized carbons (Fsp3) is 0.750. The van der Waals surface area contributed by atoms with Gasteiger partial charge in [0.1, 0.15) is 6.17 Å². The van der Waals surface area contributed by atoms with E-state index in [1.807, 2.05) is 0 Å². The molecule has 0 aliphatic carbocycles. The van der Waals surface area contributed by atoms with Gasteiger partial charge in [-0.1, -0.05) is 0 Å². The predicted molar refractivity (Wildman–Crippen MR) is 28.0 cm³/mol. The Morgan fingerprint density at radius 3 is 2.67 bits per heavy atom. The number of rotatable bonds is 3. The van der Waals surface area contributed by atoms with E-state index >= 15 is 0 Å². The van der Waals surface area contributed by atoms with E-state index in [1.54, 1.807) is 5.32 Å². The van der Waals surface area contributed by atoms with Crippen LogP contribution in [0.2, 0.25) is 0 Å². The van der Waals surface area contributed by atoms with E-state index in [-0.39, 0.29) is 6.54 Å². The van der Waals surface area contributed by atoms with E-state index in [4.69, 9.17) is 10.2 Å². The van der Waals surface area contributed by atoms with Crippen molar-refractivity contribution in [1.82, 2.24) is 5.32 Å². The highest BCUT2D eigenvalue weighted by Gasteiger charge is 2.04. The molecule has 5 heteroatoms. The zero-order chi connectivity index (χ0) is 7.28. The van der Waals surface area contributed by atoms with Gasteiger partial charge in [-0.3, -0.25) is 0 Å². The Hall–Kier alpha value is -0.840. The summed E-state index contributed by atoms with van der Waals surface area (Å²) >= 11 is 0. The van der Waals surface area contributed by atoms with Crippen molar-refractivity contribution in [1.29, 1.82) is 0 Å². The second-order valence-electron chi connectivity index (χ2n) is 1.47. The molecule has 54 valence electrons. The molecule has 0 saturated heterocycles. The molecule has 0 saturated carbocycles. The van der Waals surface area contributed by atoms with E-state index in [1.165, 1.54) is 0 Å². The summed E-state index contributed by atoms with van der Waals surface area (Å²) in [6, 6.07) is 0. The maximum Gasteiger partial charge on any atom is 0.404 e. The highest BCUT2D eigenvalue weighted by Crippen LogP contribution is 1.83.